The number of oxime groups is 1. The summed E-state index contributed by atoms with van der Waals surface area (Å²) in [5, 5.41) is 11.4. The normalized spacial score (nSPS) is 11.5. The van der Waals surface area contributed by atoms with Gasteiger partial charge in [-0.15, -0.1) is 0 Å². The van der Waals surface area contributed by atoms with Gasteiger partial charge in [-0.25, -0.2) is 0 Å². The van der Waals surface area contributed by atoms with Gasteiger partial charge >= 0.3 is 0 Å². The molecule has 92 valence electrons. The summed E-state index contributed by atoms with van der Waals surface area (Å²) in [6.45, 7) is 0. The summed E-state index contributed by atoms with van der Waals surface area (Å²) < 4.78 is 1.05. The fourth-order valence-corrected chi connectivity index (χ4v) is 2.33. The van der Waals surface area contributed by atoms with E-state index in [4.69, 9.17) is 10.9 Å². The molecule has 6 heteroatoms. The average Bonchev–Trinajstić information content (AvgIpc) is 2.41. The zero-order valence-electron chi connectivity index (χ0n) is 9.25. The van der Waals surface area contributed by atoms with E-state index in [1.807, 2.05) is 30.3 Å². The van der Waals surface area contributed by atoms with Crippen LogP contribution in [0.3, 0.4) is 0 Å². The van der Waals surface area contributed by atoms with E-state index in [0.717, 1.165) is 14.3 Å². The van der Waals surface area contributed by atoms with E-state index < -0.39 is 0 Å². The third-order valence-corrected chi connectivity index (χ3v) is 3.67. The van der Waals surface area contributed by atoms with Gasteiger partial charge in [0.05, 0.1) is 0 Å². The van der Waals surface area contributed by atoms with Gasteiger partial charge in [0.2, 0.25) is 0 Å². The Morgan fingerprint density at radius 3 is 2.39 bits per heavy atom. The highest BCUT2D eigenvalue weighted by Gasteiger charge is 2.02. The highest BCUT2D eigenvalue weighted by atomic mass is 79.9. The van der Waals surface area contributed by atoms with Crippen LogP contribution in [0.2, 0.25) is 0 Å². The van der Waals surface area contributed by atoms with Gasteiger partial charge in [-0.2, -0.15) is 0 Å². The van der Waals surface area contributed by atoms with Gasteiger partial charge in [0.25, 0.3) is 0 Å². The smallest absolute Gasteiger partial charge is 0.188 e. The number of benzene rings is 1. The van der Waals surface area contributed by atoms with Crippen molar-refractivity contribution < 1.29 is 5.21 Å². The molecule has 3 N–H and O–H groups in total. The molecule has 0 saturated heterocycles. The molecule has 0 saturated carbocycles. The predicted octanol–water partition coefficient (Wildman–Crippen LogP) is 3.09. The Kier molecular flexibility index (Phi) is 4.22. The van der Waals surface area contributed by atoms with E-state index in [-0.39, 0.29) is 5.84 Å². The minimum Gasteiger partial charge on any atom is -0.409 e. The minimum atomic E-state index is 0.00944. The van der Waals surface area contributed by atoms with Crippen LogP contribution in [0.4, 0.5) is 0 Å². The van der Waals surface area contributed by atoms with Crippen molar-refractivity contribution in [3.8, 4) is 0 Å². The first-order valence-electron chi connectivity index (χ1n) is 5.06. The molecule has 0 bridgehead atoms. The molecule has 1 aromatic heterocycles. The topological polar surface area (TPSA) is 71.5 Å². The maximum atomic E-state index is 8.53. The number of hydrogen-bond donors (Lipinski definition) is 2. The summed E-state index contributed by atoms with van der Waals surface area (Å²) in [6, 6.07) is 11.6. The van der Waals surface area contributed by atoms with Crippen LogP contribution >= 0.6 is 27.7 Å². The van der Waals surface area contributed by atoms with Crippen molar-refractivity contribution in [2.45, 2.75) is 9.79 Å². The second-order valence-electron chi connectivity index (χ2n) is 3.42. The first-order chi connectivity index (χ1) is 8.69. The molecule has 0 radical (unpaired) electrons. The Morgan fingerprint density at radius 2 is 1.83 bits per heavy atom. The van der Waals surface area contributed by atoms with Crippen LogP contribution in [0, 0.1) is 0 Å². The van der Waals surface area contributed by atoms with Crippen LogP contribution in [-0.4, -0.2) is 16.0 Å². The number of halogens is 1. The molecule has 1 heterocycles. The summed E-state index contributed by atoms with van der Waals surface area (Å²) in [6.07, 6.45) is 1.69. The summed E-state index contributed by atoms with van der Waals surface area (Å²) in [5.74, 6) is 0.00944. The number of nitrogens with zero attached hydrogens (tertiary/aromatic N) is 2. The molecule has 4 nitrogen and oxygen atoms in total. The summed E-state index contributed by atoms with van der Waals surface area (Å²) in [5.41, 5.74) is 5.90. The number of amidine groups is 1. The summed E-state index contributed by atoms with van der Waals surface area (Å²) in [7, 11) is 0. The average molecular weight is 324 g/mol. The molecule has 1 aromatic carbocycles. The van der Waals surface area contributed by atoms with Crippen LogP contribution in [0.5, 0.6) is 0 Å². The van der Waals surface area contributed by atoms with Crippen LogP contribution in [0.25, 0.3) is 0 Å². The number of nitrogens with two attached hydrogens (primary N) is 1. The lowest BCUT2D eigenvalue weighted by Gasteiger charge is -2.02. The van der Waals surface area contributed by atoms with E-state index in [2.05, 4.69) is 26.1 Å². The number of pyridine rings is 1. The van der Waals surface area contributed by atoms with Crippen molar-refractivity contribution in [3.63, 3.8) is 0 Å². The van der Waals surface area contributed by atoms with Crippen molar-refractivity contribution >= 4 is 33.5 Å². The molecule has 0 aliphatic carbocycles. The molecule has 0 unspecified atom stereocenters. The molecule has 0 aliphatic heterocycles. The quantitative estimate of drug-likeness (QED) is 0.394. The van der Waals surface area contributed by atoms with Gasteiger partial charge in [-0.1, -0.05) is 32.8 Å². The van der Waals surface area contributed by atoms with Crippen molar-refractivity contribution in [2.24, 2.45) is 10.9 Å². The van der Waals surface area contributed by atoms with Crippen molar-refractivity contribution in [1.82, 2.24) is 4.98 Å². The number of hydrogen-bond acceptors (Lipinski definition) is 4. The second-order valence-corrected chi connectivity index (χ2v) is 5.48. The highest BCUT2D eigenvalue weighted by Crippen LogP contribution is 2.27. The van der Waals surface area contributed by atoms with Crippen LogP contribution in [0.15, 0.2) is 62.0 Å². The summed E-state index contributed by atoms with van der Waals surface area (Å²) >= 11 is 4.99. The fraction of sp³-hybridized carbons (Fsp3) is 0. The van der Waals surface area contributed by atoms with Gasteiger partial charge in [0.15, 0.2) is 5.84 Å². The van der Waals surface area contributed by atoms with Gasteiger partial charge in [0, 0.05) is 20.5 Å². The van der Waals surface area contributed by atoms with Crippen LogP contribution < -0.4 is 5.73 Å². The third kappa shape index (κ3) is 3.24. The van der Waals surface area contributed by atoms with E-state index in [1.165, 1.54) is 0 Å². The Balaban J connectivity index is 2.13. The standard InChI is InChI=1S/C12H10BrN3OS/c13-8-1-3-9(4-2-8)18-10-5-6-11(15-7-10)12(14)16-17/h1-7,17H,(H2,14,16). The largest absolute Gasteiger partial charge is 0.409 e. The Hall–Kier alpha value is -1.53. The van der Waals surface area contributed by atoms with E-state index in [1.54, 1.807) is 24.0 Å². The third-order valence-electron chi connectivity index (χ3n) is 2.16. The molecule has 0 fully saturated rings. The summed E-state index contributed by atoms with van der Waals surface area (Å²) in [4.78, 5) is 6.23. The lowest BCUT2D eigenvalue weighted by molar-refractivity contribution is 0.318. The van der Waals surface area contributed by atoms with Crippen LogP contribution in [0.1, 0.15) is 5.69 Å². The van der Waals surface area contributed by atoms with Gasteiger partial charge < -0.3 is 10.9 Å². The fourth-order valence-electron chi connectivity index (χ4n) is 1.28. The minimum absolute atomic E-state index is 0.00944. The van der Waals surface area contributed by atoms with E-state index in [9.17, 15) is 0 Å². The molecule has 0 amide bonds. The molecule has 2 rings (SSSR count). The van der Waals surface area contributed by atoms with Gasteiger partial charge in [0.1, 0.15) is 5.69 Å². The van der Waals surface area contributed by atoms with Crippen molar-refractivity contribution in [1.29, 1.82) is 0 Å². The molecule has 0 atom stereocenters. The van der Waals surface area contributed by atoms with Crippen LogP contribution in [-0.2, 0) is 0 Å². The number of aromatic nitrogens is 1. The molecular weight excluding hydrogens is 314 g/mol. The molecule has 2 aromatic rings. The first kappa shape index (κ1) is 12.9. The molecular formula is C12H10BrN3OS. The Morgan fingerprint density at radius 1 is 1.17 bits per heavy atom. The Labute approximate surface area is 117 Å². The predicted molar refractivity (Wildman–Crippen MR) is 75.0 cm³/mol. The van der Waals surface area contributed by atoms with Gasteiger partial charge in [-0.05, 0) is 36.4 Å². The molecule has 0 spiro atoms. The Bertz CT molecular complexity index is 555. The van der Waals surface area contributed by atoms with Gasteiger partial charge in [-0.3, -0.25) is 4.98 Å². The van der Waals surface area contributed by atoms with E-state index >= 15 is 0 Å². The highest BCUT2D eigenvalue weighted by molar-refractivity contribution is 9.10. The maximum absolute atomic E-state index is 8.53. The van der Waals surface area contributed by atoms with Crippen molar-refractivity contribution in [3.05, 3.63) is 52.8 Å². The lowest BCUT2D eigenvalue weighted by Crippen LogP contribution is -2.14. The number of rotatable bonds is 3. The SMILES string of the molecule is N/C(=N/O)c1ccc(Sc2ccc(Br)cc2)cn1. The van der Waals surface area contributed by atoms with Crippen molar-refractivity contribution in [2.75, 3.05) is 0 Å². The monoisotopic (exact) mass is 323 g/mol. The second kappa shape index (κ2) is 5.88. The molecule has 0 aliphatic rings. The van der Waals surface area contributed by atoms with E-state index in [0.29, 0.717) is 5.69 Å². The maximum Gasteiger partial charge on any atom is 0.188 e. The zero-order chi connectivity index (χ0) is 13.0. The molecule has 18 heavy (non-hydrogen) atoms. The lowest BCUT2D eigenvalue weighted by atomic mass is 10.3. The first-order valence-corrected chi connectivity index (χ1v) is 6.67. The zero-order valence-corrected chi connectivity index (χ0v) is 11.6.